The topological polar surface area (TPSA) is 102 Å². The highest BCUT2D eigenvalue weighted by Crippen LogP contribution is 2.26. The number of benzene rings is 1. The highest BCUT2D eigenvalue weighted by molar-refractivity contribution is 5.63. The van der Waals surface area contributed by atoms with Gasteiger partial charge < -0.3 is 14.9 Å². The maximum Gasteiger partial charge on any atom is 0.287 e. The molecule has 3 heterocycles. The predicted molar refractivity (Wildman–Crippen MR) is 105 cm³/mol. The average Bonchev–Trinajstić information content (AvgIpc) is 3.45. The average molecular weight is 448 g/mol. The van der Waals surface area contributed by atoms with Crippen LogP contribution < -0.4 is 5.32 Å². The van der Waals surface area contributed by atoms with E-state index in [2.05, 4.69) is 25.5 Å². The zero-order valence-corrected chi connectivity index (χ0v) is 16.3. The summed E-state index contributed by atoms with van der Waals surface area (Å²) in [5.41, 5.74) is 1.39. The quantitative estimate of drug-likeness (QED) is 0.399. The van der Waals surface area contributed by atoms with Crippen molar-refractivity contribution in [3.63, 3.8) is 0 Å². The maximum absolute atomic E-state index is 14.2. The fraction of sp³-hybridized carbons (Fsp3) is 0.200. The lowest BCUT2D eigenvalue weighted by Gasteiger charge is -2.14. The zero-order valence-electron chi connectivity index (χ0n) is 16.3. The summed E-state index contributed by atoms with van der Waals surface area (Å²) in [5.74, 6) is -5.37. The molecule has 4 aromatic rings. The zero-order chi connectivity index (χ0) is 22.7. The van der Waals surface area contributed by atoms with E-state index in [4.69, 9.17) is 9.63 Å². The Morgan fingerprint density at radius 3 is 2.62 bits per heavy atom. The van der Waals surface area contributed by atoms with Crippen molar-refractivity contribution in [2.24, 2.45) is 0 Å². The van der Waals surface area contributed by atoms with Crippen LogP contribution in [-0.2, 0) is 6.54 Å². The second-order valence-corrected chi connectivity index (χ2v) is 6.81. The molecule has 3 aromatic heterocycles. The molecule has 0 spiro atoms. The van der Waals surface area contributed by atoms with E-state index in [9.17, 15) is 17.6 Å². The number of nitrogens with one attached hydrogen (secondary N) is 1. The Morgan fingerprint density at radius 1 is 1.09 bits per heavy atom. The van der Waals surface area contributed by atoms with E-state index in [0.717, 1.165) is 6.20 Å². The molecule has 166 valence electrons. The molecule has 0 unspecified atom stereocenters. The molecule has 0 saturated carbocycles. The van der Waals surface area contributed by atoms with Crippen LogP contribution in [-0.4, -0.2) is 49.1 Å². The van der Waals surface area contributed by atoms with Crippen LogP contribution in [0.4, 0.5) is 23.4 Å². The molecule has 12 heteroatoms. The second-order valence-electron chi connectivity index (χ2n) is 6.81. The summed E-state index contributed by atoms with van der Waals surface area (Å²) in [6.07, 6.45) is 2.17. The van der Waals surface area contributed by atoms with E-state index in [1.165, 1.54) is 23.1 Å². The molecule has 0 aliphatic rings. The SMILES string of the molecule is OCC(F)(F)CNc1nc(-c2cc(-c3ccon3)n(Cc3ccccc3F)n2)ncc1F. The van der Waals surface area contributed by atoms with Crippen LogP contribution in [0.3, 0.4) is 0 Å². The first-order valence-electron chi connectivity index (χ1n) is 9.34. The van der Waals surface area contributed by atoms with Gasteiger partial charge in [0.25, 0.3) is 5.92 Å². The summed E-state index contributed by atoms with van der Waals surface area (Å²) in [6, 6.07) is 9.28. The highest BCUT2D eigenvalue weighted by atomic mass is 19.3. The van der Waals surface area contributed by atoms with Crippen molar-refractivity contribution in [1.82, 2.24) is 24.9 Å². The normalized spacial score (nSPS) is 11.7. The van der Waals surface area contributed by atoms with E-state index in [1.807, 2.05) is 0 Å². The van der Waals surface area contributed by atoms with Crippen LogP contribution in [0.15, 0.2) is 53.4 Å². The van der Waals surface area contributed by atoms with Gasteiger partial charge in [0.15, 0.2) is 17.5 Å². The molecule has 1 aromatic carbocycles. The van der Waals surface area contributed by atoms with Crippen molar-refractivity contribution in [2.45, 2.75) is 12.5 Å². The first kappa shape index (κ1) is 21.4. The molecule has 0 aliphatic heterocycles. The molecule has 0 amide bonds. The van der Waals surface area contributed by atoms with Crippen LogP contribution in [0, 0.1) is 11.6 Å². The van der Waals surface area contributed by atoms with E-state index in [1.54, 1.807) is 24.3 Å². The molecule has 8 nitrogen and oxygen atoms in total. The molecule has 0 aliphatic carbocycles. The van der Waals surface area contributed by atoms with E-state index in [-0.39, 0.29) is 18.1 Å². The van der Waals surface area contributed by atoms with Crippen molar-refractivity contribution in [1.29, 1.82) is 0 Å². The number of hydrogen-bond acceptors (Lipinski definition) is 7. The van der Waals surface area contributed by atoms with Gasteiger partial charge in [0.1, 0.15) is 30.1 Å². The van der Waals surface area contributed by atoms with Crippen molar-refractivity contribution < 1.29 is 27.2 Å². The Labute approximate surface area is 178 Å². The summed E-state index contributed by atoms with van der Waals surface area (Å²) < 4.78 is 61.1. The predicted octanol–water partition coefficient (Wildman–Crippen LogP) is 3.36. The van der Waals surface area contributed by atoms with E-state index >= 15 is 0 Å². The summed E-state index contributed by atoms with van der Waals surface area (Å²) in [5, 5.41) is 19.1. The number of aliphatic hydroxyl groups excluding tert-OH is 1. The number of rotatable bonds is 8. The molecular formula is C20H16F4N6O2. The number of nitrogens with zero attached hydrogens (tertiary/aromatic N) is 5. The Bertz CT molecular complexity index is 1210. The molecule has 32 heavy (non-hydrogen) atoms. The van der Waals surface area contributed by atoms with Gasteiger partial charge in [0, 0.05) is 11.6 Å². The number of hydrogen-bond donors (Lipinski definition) is 2. The summed E-state index contributed by atoms with van der Waals surface area (Å²) >= 11 is 0. The third-order valence-corrected chi connectivity index (χ3v) is 4.48. The van der Waals surface area contributed by atoms with Crippen LogP contribution in [0.1, 0.15) is 5.56 Å². The van der Waals surface area contributed by atoms with Gasteiger partial charge in [-0.2, -0.15) is 5.10 Å². The minimum atomic E-state index is -3.46. The van der Waals surface area contributed by atoms with Crippen molar-refractivity contribution in [3.8, 4) is 22.9 Å². The smallest absolute Gasteiger partial charge is 0.287 e. The van der Waals surface area contributed by atoms with Crippen LogP contribution in [0.25, 0.3) is 22.9 Å². The maximum atomic E-state index is 14.2. The molecule has 0 bridgehead atoms. The minimum absolute atomic E-state index is 0.0455. The number of anilines is 1. The molecule has 0 radical (unpaired) electrons. The van der Waals surface area contributed by atoms with E-state index < -0.39 is 36.5 Å². The largest absolute Gasteiger partial charge is 0.390 e. The molecule has 0 saturated heterocycles. The standard InChI is InChI=1S/C20H16F4N6O2/c21-13-4-2-1-3-12(13)9-30-17(15-5-6-32-29-15)7-16(28-30)19-25-8-14(22)18(27-19)26-10-20(23,24)11-31/h1-8,31H,9-11H2,(H,25,26,27). The fourth-order valence-electron chi connectivity index (χ4n) is 2.87. The number of aliphatic hydroxyl groups is 1. The van der Waals surface area contributed by atoms with E-state index in [0.29, 0.717) is 17.0 Å². The third-order valence-electron chi connectivity index (χ3n) is 4.48. The minimum Gasteiger partial charge on any atom is -0.390 e. The lowest BCUT2D eigenvalue weighted by atomic mass is 10.2. The van der Waals surface area contributed by atoms with Gasteiger partial charge in [0.05, 0.1) is 25.0 Å². The molecule has 0 fully saturated rings. The Hall–Kier alpha value is -3.80. The summed E-state index contributed by atoms with van der Waals surface area (Å²) in [6.45, 7) is -2.38. The molecule has 0 atom stereocenters. The Kier molecular flexibility index (Phi) is 5.86. The van der Waals surface area contributed by atoms with Gasteiger partial charge in [-0.05, 0) is 12.1 Å². The molecule has 2 N–H and O–H groups in total. The number of halogens is 4. The van der Waals surface area contributed by atoms with Gasteiger partial charge in [-0.15, -0.1) is 0 Å². The van der Waals surface area contributed by atoms with Crippen molar-refractivity contribution in [2.75, 3.05) is 18.5 Å². The van der Waals surface area contributed by atoms with Crippen LogP contribution >= 0.6 is 0 Å². The van der Waals surface area contributed by atoms with Crippen LogP contribution in [0.5, 0.6) is 0 Å². The van der Waals surface area contributed by atoms with Gasteiger partial charge >= 0.3 is 0 Å². The van der Waals surface area contributed by atoms with Gasteiger partial charge in [-0.1, -0.05) is 23.4 Å². The number of aromatic nitrogens is 5. The Balaban J connectivity index is 1.70. The van der Waals surface area contributed by atoms with Gasteiger partial charge in [-0.3, -0.25) is 4.68 Å². The summed E-state index contributed by atoms with van der Waals surface area (Å²) in [7, 11) is 0. The Morgan fingerprint density at radius 2 is 1.91 bits per heavy atom. The first-order chi connectivity index (χ1) is 15.4. The monoisotopic (exact) mass is 448 g/mol. The molecule has 4 rings (SSSR count). The van der Waals surface area contributed by atoms with Crippen molar-refractivity contribution >= 4 is 5.82 Å². The second kappa shape index (κ2) is 8.75. The summed E-state index contributed by atoms with van der Waals surface area (Å²) in [4.78, 5) is 7.81. The fourth-order valence-corrected chi connectivity index (χ4v) is 2.87. The number of alkyl halides is 2. The van der Waals surface area contributed by atoms with Gasteiger partial charge in [0.2, 0.25) is 0 Å². The van der Waals surface area contributed by atoms with Gasteiger partial charge in [-0.25, -0.2) is 27.5 Å². The van der Waals surface area contributed by atoms with Crippen molar-refractivity contribution in [3.05, 3.63) is 66.1 Å². The lowest BCUT2D eigenvalue weighted by Crippen LogP contribution is -2.31. The lowest BCUT2D eigenvalue weighted by molar-refractivity contribution is -0.0373. The van der Waals surface area contributed by atoms with Crippen LogP contribution in [0.2, 0.25) is 0 Å². The molecular weight excluding hydrogens is 432 g/mol. The highest BCUT2D eigenvalue weighted by Gasteiger charge is 2.28. The third kappa shape index (κ3) is 4.59. The first-order valence-corrected chi connectivity index (χ1v) is 9.34.